The van der Waals surface area contributed by atoms with E-state index in [0.717, 1.165) is 10.8 Å². The minimum atomic E-state index is 0.308. The van der Waals surface area contributed by atoms with Crippen LogP contribution in [0.2, 0.25) is 0 Å². The highest BCUT2D eigenvalue weighted by Crippen LogP contribution is 2.25. The van der Waals surface area contributed by atoms with Gasteiger partial charge in [-0.25, -0.2) is 9.97 Å². The van der Waals surface area contributed by atoms with Crippen LogP contribution in [0.15, 0.2) is 18.3 Å². The third-order valence-electron chi connectivity index (χ3n) is 2.10. The van der Waals surface area contributed by atoms with Crippen molar-refractivity contribution in [2.75, 3.05) is 12.3 Å². The van der Waals surface area contributed by atoms with Crippen LogP contribution >= 0.6 is 0 Å². The predicted molar refractivity (Wildman–Crippen MR) is 59.8 cm³/mol. The summed E-state index contributed by atoms with van der Waals surface area (Å²) in [7, 11) is 0. The number of rotatable bonds is 2. The number of fused-ring (bicyclic) bond motifs is 1. The van der Waals surface area contributed by atoms with Crippen molar-refractivity contribution < 1.29 is 4.74 Å². The van der Waals surface area contributed by atoms with Crippen LogP contribution in [0.3, 0.4) is 0 Å². The molecule has 2 heterocycles. The lowest BCUT2D eigenvalue weighted by Crippen LogP contribution is -1.98. The Labute approximate surface area is 92.5 Å². The first-order valence-electron chi connectivity index (χ1n) is 4.83. The quantitative estimate of drug-likeness (QED) is 0.818. The molecule has 0 radical (unpaired) electrons. The highest BCUT2D eigenvalue weighted by molar-refractivity contribution is 5.88. The summed E-state index contributed by atoms with van der Waals surface area (Å²) in [5.74, 6) is 0.825. The molecular weight excluding hydrogens is 204 g/mol. The molecule has 0 aliphatic rings. The highest BCUT2D eigenvalue weighted by atomic mass is 16.5. The average molecular weight is 214 g/mol. The largest absolute Gasteiger partial charge is 0.477 e. The summed E-state index contributed by atoms with van der Waals surface area (Å²) in [5, 5.41) is 10.4. The number of hydrogen-bond acceptors (Lipinski definition) is 5. The van der Waals surface area contributed by atoms with E-state index in [2.05, 4.69) is 9.97 Å². The second-order valence-electron chi connectivity index (χ2n) is 3.19. The molecule has 5 heteroatoms. The molecule has 0 amide bonds. The number of nitrogen functional groups attached to an aromatic ring is 1. The molecule has 80 valence electrons. The summed E-state index contributed by atoms with van der Waals surface area (Å²) < 4.78 is 5.37. The first kappa shape index (κ1) is 10.2. The number of nitrogens with zero attached hydrogens (tertiary/aromatic N) is 3. The summed E-state index contributed by atoms with van der Waals surface area (Å²) in [4.78, 5) is 8.05. The van der Waals surface area contributed by atoms with E-state index in [1.54, 1.807) is 18.3 Å². The number of pyridine rings is 2. The van der Waals surface area contributed by atoms with Crippen LogP contribution in [0.4, 0.5) is 5.82 Å². The SMILES string of the molecule is CCOc1nc(C#N)cc2cnc(N)cc12. The molecule has 2 rings (SSSR count). The Morgan fingerprint density at radius 2 is 2.31 bits per heavy atom. The van der Waals surface area contributed by atoms with Crippen molar-refractivity contribution in [2.45, 2.75) is 6.92 Å². The summed E-state index contributed by atoms with van der Waals surface area (Å²) in [6, 6.07) is 5.33. The number of hydrogen-bond donors (Lipinski definition) is 1. The normalized spacial score (nSPS) is 10.0. The number of ether oxygens (including phenoxy) is 1. The molecule has 0 aliphatic carbocycles. The zero-order valence-corrected chi connectivity index (χ0v) is 8.77. The molecular formula is C11H10N4O. The van der Waals surface area contributed by atoms with E-state index in [-0.39, 0.29) is 0 Å². The van der Waals surface area contributed by atoms with Gasteiger partial charge in [-0.1, -0.05) is 0 Å². The second-order valence-corrected chi connectivity index (χ2v) is 3.19. The van der Waals surface area contributed by atoms with Gasteiger partial charge in [-0.15, -0.1) is 0 Å². The first-order valence-corrected chi connectivity index (χ1v) is 4.83. The van der Waals surface area contributed by atoms with Gasteiger partial charge in [-0.05, 0) is 19.1 Å². The van der Waals surface area contributed by atoms with Crippen LogP contribution in [-0.2, 0) is 0 Å². The van der Waals surface area contributed by atoms with Gasteiger partial charge in [0.15, 0.2) is 0 Å². The summed E-state index contributed by atoms with van der Waals surface area (Å²) in [6.07, 6.45) is 1.61. The van der Waals surface area contributed by atoms with Crippen molar-refractivity contribution in [2.24, 2.45) is 0 Å². The molecule has 0 saturated carbocycles. The number of nitrogens with two attached hydrogens (primary N) is 1. The predicted octanol–water partition coefficient (Wildman–Crippen LogP) is 1.48. The van der Waals surface area contributed by atoms with Crippen molar-refractivity contribution in [1.29, 1.82) is 5.26 Å². The topological polar surface area (TPSA) is 84.8 Å². The minimum Gasteiger partial charge on any atom is -0.477 e. The molecule has 0 fully saturated rings. The maximum Gasteiger partial charge on any atom is 0.222 e. The first-order chi connectivity index (χ1) is 7.74. The minimum absolute atomic E-state index is 0.308. The van der Waals surface area contributed by atoms with E-state index in [1.165, 1.54) is 0 Å². The van der Waals surface area contributed by atoms with E-state index in [4.69, 9.17) is 15.7 Å². The Bertz CT molecular complexity index is 574. The lowest BCUT2D eigenvalue weighted by Gasteiger charge is -2.06. The molecule has 0 saturated heterocycles. The lowest BCUT2D eigenvalue weighted by molar-refractivity contribution is 0.331. The van der Waals surface area contributed by atoms with Crippen LogP contribution in [0.25, 0.3) is 10.8 Å². The Hall–Kier alpha value is -2.35. The molecule has 2 aromatic heterocycles. The molecule has 2 aromatic rings. The van der Waals surface area contributed by atoms with Crippen LogP contribution in [-0.4, -0.2) is 16.6 Å². The third kappa shape index (κ3) is 1.73. The molecule has 5 nitrogen and oxygen atoms in total. The molecule has 0 aromatic carbocycles. The Balaban J connectivity index is 2.73. The van der Waals surface area contributed by atoms with Crippen molar-refractivity contribution in [1.82, 2.24) is 9.97 Å². The zero-order valence-electron chi connectivity index (χ0n) is 8.77. The van der Waals surface area contributed by atoms with Gasteiger partial charge >= 0.3 is 0 Å². The fourth-order valence-corrected chi connectivity index (χ4v) is 1.44. The Morgan fingerprint density at radius 1 is 1.50 bits per heavy atom. The fraction of sp³-hybridized carbons (Fsp3) is 0.182. The van der Waals surface area contributed by atoms with Crippen molar-refractivity contribution in [3.8, 4) is 11.9 Å². The zero-order chi connectivity index (χ0) is 11.5. The van der Waals surface area contributed by atoms with Gasteiger partial charge in [0.1, 0.15) is 17.6 Å². The van der Waals surface area contributed by atoms with E-state index in [9.17, 15) is 0 Å². The van der Waals surface area contributed by atoms with Gasteiger partial charge in [0.25, 0.3) is 0 Å². The number of anilines is 1. The van der Waals surface area contributed by atoms with E-state index in [1.807, 2.05) is 13.0 Å². The van der Waals surface area contributed by atoms with E-state index < -0.39 is 0 Å². The van der Waals surface area contributed by atoms with Gasteiger partial charge in [0.05, 0.1) is 6.61 Å². The van der Waals surface area contributed by atoms with Gasteiger partial charge in [0, 0.05) is 17.0 Å². The van der Waals surface area contributed by atoms with Gasteiger partial charge in [0.2, 0.25) is 5.88 Å². The average Bonchev–Trinajstić information content (AvgIpc) is 2.30. The fourth-order valence-electron chi connectivity index (χ4n) is 1.44. The molecule has 0 aliphatic heterocycles. The Kier molecular flexibility index (Phi) is 2.56. The smallest absolute Gasteiger partial charge is 0.222 e. The van der Waals surface area contributed by atoms with Gasteiger partial charge in [-0.3, -0.25) is 0 Å². The monoisotopic (exact) mass is 214 g/mol. The molecule has 2 N–H and O–H groups in total. The maximum absolute atomic E-state index is 8.83. The van der Waals surface area contributed by atoms with Gasteiger partial charge < -0.3 is 10.5 Å². The maximum atomic E-state index is 8.83. The summed E-state index contributed by atoms with van der Waals surface area (Å²) >= 11 is 0. The molecule has 0 atom stereocenters. The van der Waals surface area contributed by atoms with Crippen LogP contribution in [0, 0.1) is 11.3 Å². The van der Waals surface area contributed by atoms with Crippen molar-refractivity contribution in [3.63, 3.8) is 0 Å². The molecule has 0 bridgehead atoms. The Morgan fingerprint density at radius 3 is 3.00 bits per heavy atom. The van der Waals surface area contributed by atoms with E-state index >= 15 is 0 Å². The van der Waals surface area contributed by atoms with Crippen LogP contribution in [0.5, 0.6) is 5.88 Å². The van der Waals surface area contributed by atoms with E-state index in [0.29, 0.717) is 24.0 Å². The standard InChI is InChI=1S/C11H10N4O/c1-2-16-11-9-4-10(13)14-6-7(9)3-8(5-12)15-11/h3-4,6H,2H2,1H3,(H2,13,14). The second kappa shape index (κ2) is 4.03. The summed E-state index contributed by atoms with van der Waals surface area (Å²) in [5.41, 5.74) is 5.91. The number of nitriles is 1. The van der Waals surface area contributed by atoms with Crippen molar-refractivity contribution >= 4 is 16.6 Å². The highest BCUT2D eigenvalue weighted by Gasteiger charge is 2.07. The van der Waals surface area contributed by atoms with Crippen molar-refractivity contribution in [3.05, 3.63) is 24.0 Å². The summed E-state index contributed by atoms with van der Waals surface area (Å²) in [6.45, 7) is 2.34. The third-order valence-corrected chi connectivity index (χ3v) is 2.10. The van der Waals surface area contributed by atoms with Crippen LogP contribution in [0.1, 0.15) is 12.6 Å². The molecule has 0 spiro atoms. The lowest BCUT2D eigenvalue weighted by atomic mass is 10.2. The van der Waals surface area contributed by atoms with Crippen LogP contribution < -0.4 is 10.5 Å². The number of aromatic nitrogens is 2. The molecule has 16 heavy (non-hydrogen) atoms. The molecule has 0 unspecified atom stereocenters. The van der Waals surface area contributed by atoms with Gasteiger partial charge in [-0.2, -0.15) is 5.26 Å².